The van der Waals surface area contributed by atoms with Gasteiger partial charge in [0.05, 0.1) is 0 Å². The van der Waals surface area contributed by atoms with E-state index in [0.717, 1.165) is 51.3 Å². The van der Waals surface area contributed by atoms with Crippen LogP contribution in [0.25, 0.3) is 0 Å². The summed E-state index contributed by atoms with van der Waals surface area (Å²) in [6, 6.07) is 8.32. The predicted octanol–water partition coefficient (Wildman–Crippen LogP) is 3.89. The van der Waals surface area contributed by atoms with Crippen molar-refractivity contribution in [3.63, 3.8) is 0 Å². The number of thioether (sulfide) groups is 1. The molecule has 1 N–H and O–H groups in total. The quantitative estimate of drug-likeness (QED) is 0.897. The van der Waals surface area contributed by atoms with Crippen LogP contribution in [0, 0.1) is 5.92 Å². The second kappa shape index (κ2) is 8.77. The molecule has 2 aliphatic rings. The number of hydrogen-bond donors (Lipinski definition) is 1. The second-order valence-corrected chi connectivity index (χ2v) is 8.06. The first-order valence-electron chi connectivity index (χ1n) is 9.20. The van der Waals surface area contributed by atoms with Gasteiger partial charge in [0, 0.05) is 49.9 Å². The smallest absolute Gasteiger partial charge is 0.321 e. The number of carbonyl (C=O) groups is 1. The predicted molar refractivity (Wildman–Crippen MR) is 103 cm³/mol. The lowest BCUT2D eigenvalue weighted by Crippen LogP contribution is -2.42. The third-order valence-corrected chi connectivity index (χ3v) is 6.08. The van der Waals surface area contributed by atoms with Crippen molar-refractivity contribution in [2.75, 3.05) is 43.0 Å². The molecule has 4 nitrogen and oxygen atoms in total. The number of likely N-dealkylation sites (tertiary alicyclic amines) is 1. The number of hydrogen-bond acceptors (Lipinski definition) is 3. The second-order valence-electron chi connectivity index (χ2n) is 6.84. The van der Waals surface area contributed by atoms with E-state index in [-0.39, 0.29) is 6.03 Å². The Morgan fingerprint density at radius 1 is 1.25 bits per heavy atom. The summed E-state index contributed by atoms with van der Waals surface area (Å²) in [7, 11) is 0. The third kappa shape index (κ3) is 4.67. The van der Waals surface area contributed by atoms with Gasteiger partial charge in [-0.1, -0.05) is 31.5 Å². The highest BCUT2D eigenvalue weighted by molar-refractivity contribution is 7.99. The van der Waals surface area contributed by atoms with Gasteiger partial charge in [0.25, 0.3) is 0 Å². The Labute approximate surface area is 150 Å². The largest absolute Gasteiger partial charge is 0.324 e. The number of nitrogens with one attached hydrogen (secondary N) is 1. The number of benzene rings is 1. The van der Waals surface area contributed by atoms with E-state index in [1.807, 2.05) is 28.8 Å². The van der Waals surface area contributed by atoms with E-state index < -0.39 is 0 Å². The number of urea groups is 1. The van der Waals surface area contributed by atoms with E-state index in [4.69, 9.17) is 0 Å². The molecule has 1 aromatic carbocycles. The fourth-order valence-electron chi connectivity index (χ4n) is 3.56. The van der Waals surface area contributed by atoms with Crippen LogP contribution in [0.15, 0.2) is 24.3 Å². The minimum absolute atomic E-state index is 0.0646. The molecule has 132 valence electrons. The normalized spacial score (nSPS) is 22.4. The Kier molecular flexibility index (Phi) is 6.44. The van der Waals surface area contributed by atoms with E-state index in [1.165, 1.54) is 23.5 Å². The third-order valence-electron chi connectivity index (χ3n) is 5.14. The van der Waals surface area contributed by atoms with Crippen LogP contribution in [0.3, 0.4) is 0 Å². The molecule has 2 fully saturated rings. The molecule has 24 heavy (non-hydrogen) atoms. The molecule has 1 atom stereocenters. The first-order valence-corrected chi connectivity index (χ1v) is 10.4. The average molecular weight is 348 g/mol. The summed E-state index contributed by atoms with van der Waals surface area (Å²) in [5, 5.41) is 3.17. The maximum atomic E-state index is 12.7. The molecule has 0 radical (unpaired) electrons. The van der Waals surface area contributed by atoms with Crippen molar-refractivity contribution in [2.45, 2.75) is 32.7 Å². The van der Waals surface area contributed by atoms with Crippen LogP contribution in [0.1, 0.15) is 31.7 Å². The maximum absolute atomic E-state index is 12.7. The molecule has 0 aromatic heterocycles. The number of piperidine rings is 1. The van der Waals surface area contributed by atoms with Gasteiger partial charge in [-0.2, -0.15) is 11.8 Å². The molecule has 2 saturated heterocycles. The standard InChI is InChI=1S/C19H29N3OS/c1-2-16-6-5-9-22(14-16)19(23)20-18-8-4-3-7-17(18)15-21-10-12-24-13-11-21/h3-4,7-8,16H,2,5-6,9-15H2,1H3,(H,20,23)/t16-/m1/s1. The average Bonchev–Trinajstić information content (AvgIpc) is 2.64. The van der Waals surface area contributed by atoms with Crippen molar-refractivity contribution in [1.82, 2.24) is 9.80 Å². The minimum Gasteiger partial charge on any atom is -0.324 e. The van der Waals surface area contributed by atoms with Crippen LogP contribution in [-0.2, 0) is 6.54 Å². The van der Waals surface area contributed by atoms with Gasteiger partial charge >= 0.3 is 6.03 Å². The molecule has 0 aliphatic carbocycles. The molecule has 0 bridgehead atoms. The molecular weight excluding hydrogens is 318 g/mol. The van der Waals surface area contributed by atoms with Crippen molar-refractivity contribution in [3.05, 3.63) is 29.8 Å². The van der Waals surface area contributed by atoms with Gasteiger partial charge in [-0.25, -0.2) is 4.79 Å². The SMILES string of the molecule is CC[C@@H]1CCCN(C(=O)Nc2ccccc2CN2CCSCC2)C1. The van der Waals surface area contributed by atoms with Gasteiger partial charge in [-0.15, -0.1) is 0 Å². The lowest BCUT2D eigenvalue weighted by atomic mass is 9.96. The summed E-state index contributed by atoms with van der Waals surface area (Å²) in [5.41, 5.74) is 2.20. The van der Waals surface area contributed by atoms with Crippen LogP contribution in [0.5, 0.6) is 0 Å². The molecule has 5 heteroatoms. The van der Waals surface area contributed by atoms with Crippen LogP contribution in [-0.4, -0.2) is 53.5 Å². The molecule has 0 saturated carbocycles. The highest BCUT2D eigenvalue weighted by Gasteiger charge is 2.23. The summed E-state index contributed by atoms with van der Waals surface area (Å²) in [4.78, 5) is 17.1. The summed E-state index contributed by atoms with van der Waals surface area (Å²) in [6.07, 6.45) is 3.54. The first kappa shape index (κ1) is 17.6. The zero-order chi connectivity index (χ0) is 16.8. The molecule has 0 spiro atoms. The van der Waals surface area contributed by atoms with Crippen LogP contribution in [0.4, 0.5) is 10.5 Å². The number of anilines is 1. The monoisotopic (exact) mass is 347 g/mol. The van der Waals surface area contributed by atoms with Crippen molar-refractivity contribution in [1.29, 1.82) is 0 Å². The highest BCUT2D eigenvalue weighted by atomic mass is 32.2. The van der Waals surface area contributed by atoms with Gasteiger partial charge in [-0.3, -0.25) is 4.90 Å². The number of amides is 2. The Morgan fingerprint density at radius 3 is 2.83 bits per heavy atom. The first-order chi connectivity index (χ1) is 11.8. The van der Waals surface area contributed by atoms with Crippen molar-refractivity contribution >= 4 is 23.5 Å². The zero-order valence-corrected chi connectivity index (χ0v) is 15.5. The van der Waals surface area contributed by atoms with E-state index >= 15 is 0 Å². The lowest BCUT2D eigenvalue weighted by molar-refractivity contribution is 0.176. The van der Waals surface area contributed by atoms with Gasteiger partial charge in [0.2, 0.25) is 0 Å². The number of nitrogens with zero attached hydrogens (tertiary/aromatic N) is 2. The minimum atomic E-state index is 0.0646. The fourth-order valence-corrected chi connectivity index (χ4v) is 4.54. The molecule has 3 rings (SSSR count). The van der Waals surface area contributed by atoms with Crippen LogP contribution >= 0.6 is 11.8 Å². The molecule has 2 aliphatic heterocycles. The summed E-state index contributed by atoms with van der Waals surface area (Å²) in [6.45, 7) is 7.20. The van der Waals surface area contributed by atoms with Crippen molar-refractivity contribution < 1.29 is 4.79 Å². The van der Waals surface area contributed by atoms with E-state index in [0.29, 0.717) is 5.92 Å². The Balaban J connectivity index is 1.62. The molecule has 1 aromatic rings. The van der Waals surface area contributed by atoms with Crippen molar-refractivity contribution in [3.8, 4) is 0 Å². The van der Waals surface area contributed by atoms with Gasteiger partial charge in [-0.05, 0) is 30.4 Å². The van der Waals surface area contributed by atoms with E-state index in [9.17, 15) is 4.79 Å². The Bertz CT molecular complexity index is 545. The highest BCUT2D eigenvalue weighted by Crippen LogP contribution is 2.22. The van der Waals surface area contributed by atoms with E-state index in [2.05, 4.69) is 29.3 Å². The number of para-hydroxylation sites is 1. The van der Waals surface area contributed by atoms with Crippen molar-refractivity contribution in [2.24, 2.45) is 5.92 Å². The Hall–Kier alpha value is -1.20. The topological polar surface area (TPSA) is 35.6 Å². The van der Waals surface area contributed by atoms with Crippen LogP contribution in [0.2, 0.25) is 0 Å². The maximum Gasteiger partial charge on any atom is 0.321 e. The molecule has 2 heterocycles. The van der Waals surface area contributed by atoms with Gasteiger partial charge in [0.1, 0.15) is 0 Å². The molecule has 0 unspecified atom stereocenters. The fraction of sp³-hybridized carbons (Fsp3) is 0.632. The lowest BCUT2D eigenvalue weighted by Gasteiger charge is -2.32. The summed E-state index contributed by atoms with van der Waals surface area (Å²) in [5.74, 6) is 3.08. The molecule has 2 amide bonds. The molecular formula is C19H29N3OS. The van der Waals surface area contributed by atoms with Gasteiger partial charge in [0.15, 0.2) is 0 Å². The zero-order valence-electron chi connectivity index (χ0n) is 14.7. The van der Waals surface area contributed by atoms with E-state index in [1.54, 1.807) is 0 Å². The number of rotatable bonds is 4. The van der Waals surface area contributed by atoms with Gasteiger partial charge < -0.3 is 10.2 Å². The van der Waals surface area contributed by atoms with Crippen LogP contribution < -0.4 is 5.32 Å². The number of carbonyl (C=O) groups excluding carboxylic acids is 1. The Morgan fingerprint density at radius 2 is 2.04 bits per heavy atom. The summed E-state index contributed by atoms with van der Waals surface area (Å²) < 4.78 is 0. The summed E-state index contributed by atoms with van der Waals surface area (Å²) >= 11 is 2.03.